The third-order valence-corrected chi connectivity index (χ3v) is 3.83. The molecular weight excluding hydrogens is 365 g/mol. The van der Waals surface area contributed by atoms with Crippen molar-refractivity contribution in [2.75, 3.05) is 6.54 Å². The smallest absolute Gasteiger partial charge is 0.253 e. The quantitative estimate of drug-likeness (QED) is 0.670. The summed E-state index contributed by atoms with van der Waals surface area (Å²) in [5, 5.41) is 8.46. The summed E-state index contributed by atoms with van der Waals surface area (Å²) in [5.74, 6) is -1.39. The van der Waals surface area contributed by atoms with Crippen LogP contribution in [0, 0.1) is 5.92 Å². The highest BCUT2D eigenvalue weighted by atomic mass is 35.5. The first-order chi connectivity index (χ1) is 11.6. The molecule has 0 spiro atoms. The van der Waals surface area contributed by atoms with E-state index in [1.807, 2.05) is 13.8 Å². The summed E-state index contributed by atoms with van der Waals surface area (Å²) >= 11 is 11.8. The topological polar surface area (TPSA) is 87.3 Å². The molecule has 8 heteroatoms. The van der Waals surface area contributed by atoms with Crippen LogP contribution in [-0.4, -0.2) is 36.3 Å². The van der Waals surface area contributed by atoms with E-state index in [9.17, 15) is 14.4 Å². The van der Waals surface area contributed by atoms with Crippen molar-refractivity contribution in [3.8, 4) is 0 Å². The predicted octanol–water partition coefficient (Wildman–Crippen LogP) is 2.39. The number of hydrogen-bond donors (Lipinski definition) is 3. The summed E-state index contributed by atoms with van der Waals surface area (Å²) in [5.41, 5.74) is 0.224. The number of rotatable bonds is 7. The zero-order valence-electron chi connectivity index (χ0n) is 14.7. The average molecular weight is 388 g/mol. The van der Waals surface area contributed by atoms with Gasteiger partial charge in [-0.25, -0.2) is 0 Å². The van der Waals surface area contributed by atoms with Gasteiger partial charge < -0.3 is 16.0 Å². The number of hydrogen-bond acceptors (Lipinski definition) is 3. The van der Waals surface area contributed by atoms with Crippen LogP contribution in [0.3, 0.4) is 0 Å². The lowest BCUT2D eigenvalue weighted by molar-refractivity contribution is -0.128. The van der Waals surface area contributed by atoms with Crippen molar-refractivity contribution >= 4 is 40.9 Å². The lowest BCUT2D eigenvalue weighted by Gasteiger charge is -2.22. The van der Waals surface area contributed by atoms with Gasteiger partial charge in [0.2, 0.25) is 11.8 Å². The zero-order chi connectivity index (χ0) is 19.1. The molecule has 0 saturated heterocycles. The molecule has 0 aliphatic heterocycles. The summed E-state index contributed by atoms with van der Waals surface area (Å²) in [4.78, 5) is 36.3. The van der Waals surface area contributed by atoms with Crippen molar-refractivity contribution in [3.63, 3.8) is 0 Å². The number of benzene rings is 1. The Kier molecular flexibility index (Phi) is 8.19. The van der Waals surface area contributed by atoms with E-state index in [2.05, 4.69) is 16.0 Å². The Morgan fingerprint density at radius 1 is 1.04 bits per heavy atom. The van der Waals surface area contributed by atoms with Crippen LogP contribution in [0.4, 0.5) is 0 Å². The molecule has 1 unspecified atom stereocenters. The van der Waals surface area contributed by atoms with Crippen LogP contribution >= 0.6 is 23.2 Å². The summed E-state index contributed by atoms with van der Waals surface area (Å²) < 4.78 is 0. The Morgan fingerprint density at radius 3 is 2.20 bits per heavy atom. The van der Waals surface area contributed by atoms with E-state index in [0.717, 1.165) is 0 Å². The summed E-state index contributed by atoms with van der Waals surface area (Å²) in [6.45, 7) is 7.08. The van der Waals surface area contributed by atoms with Crippen LogP contribution in [0.1, 0.15) is 38.1 Å². The lowest BCUT2D eigenvalue weighted by atomic mass is 10.0. The van der Waals surface area contributed by atoms with Crippen LogP contribution in [0.25, 0.3) is 0 Å². The van der Waals surface area contributed by atoms with E-state index in [-0.39, 0.29) is 35.0 Å². The Morgan fingerprint density at radius 2 is 1.68 bits per heavy atom. The summed E-state index contributed by atoms with van der Waals surface area (Å²) in [7, 11) is 0. The Hall–Kier alpha value is -1.79. The van der Waals surface area contributed by atoms with Gasteiger partial charge in [0.05, 0.1) is 17.1 Å². The van der Waals surface area contributed by atoms with Crippen LogP contribution in [0.5, 0.6) is 0 Å². The van der Waals surface area contributed by atoms with Gasteiger partial charge in [-0.3, -0.25) is 14.4 Å². The molecule has 0 aromatic heterocycles. The maximum atomic E-state index is 12.4. The molecule has 3 amide bonds. The van der Waals surface area contributed by atoms with Gasteiger partial charge in [0.15, 0.2) is 0 Å². The first kappa shape index (κ1) is 21.3. The molecule has 0 fully saturated rings. The number of nitrogens with one attached hydrogen (secondary N) is 3. The van der Waals surface area contributed by atoms with Crippen molar-refractivity contribution in [2.45, 2.75) is 39.8 Å². The summed E-state index contributed by atoms with van der Waals surface area (Å²) in [6.07, 6.45) is 0. The minimum Gasteiger partial charge on any atom is -0.352 e. The molecule has 0 heterocycles. The molecule has 3 N–H and O–H groups in total. The normalized spacial score (nSPS) is 12.0. The van der Waals surface area contributed by atoms with E-state index < -0.39 is 17.9 Å². The molecule has 1 aromatic rings. The molecule has 0 saturated carbocycles. The van der Waals surface area contributed by atoms with Crippen LogP contribution in [0.15, 0.2) is 18.2 Å². The van der Waals surface area contributed by atoms with E-state index in [1.165, 1.54) is 12.1 Å². The minimum absolute atomic E-state index is 0.0166. The lowest BCUT2D eigenvalue weighted by Crippen LogP contribution is -2.51. The fourth-order valence-electron chi connectivity index (χ4n) is 2.08. The van der Waals surface area contributed by atoms with Crippen LogP contribution < -0.4 is 16.0 Å². The molecule has 25 heavy (non-hydrogen) atoms. The van der Waals surface area contributed by atoms with Gasteiger partial charge in [-0.05, 0) is 38.0 Å². The molecule has 0 aliphatic rings. The van der Waals surface area contributed by atoms with Crippen molar-refractivity contribution in [2.24, 2.45) is 5.92 Å². The standard InChI is InChI=1S/C17H23Cl2N3O3/c1-9(2)15(17(25)20-8-14(23)21-10(3)4)22-16(24)12-6-5-11(18)7-13(12)19/h5-7,9-10,15H,8H2,1-4H3,(H,20,25)(H,21,23)(H,22,24). The van der Waals surface area contributed by atoms with Gasteiger partial charge in [-0.2, -0.15) is 0 Å². The third-order valence-electron chi connectivity index (χ3n) is 3.28. The third kappa shape index (κ3) is 6.92. The summed E-state index contributed by atoms with van der Waals surface area (Å²) in [6, 6.07) is 3.68. The molecule has 1 atom stereocenters. The highest BCUT2D eigenvalue weighted by molar-refractivity contribution is 6.36. The van der Waals surface area contributed by atoms with Gasteiger partial charge in [0.1, 0.15) is 6.04 Å². The second-order valence-electron chi connectivity index (χ2n) is 6.26. The number of halogens is 2. The largest absolute Gasteiger partial charge is 0.352 e. The van der Waals surface area contributed by atoms with Crippen molar-refractivity contribution < 1.29 is 14.4 Å². The van der Waals surface area contributed by atoms with Gasteiger partial charge in [0, 0.05) is 11.1 Å². The fraction of sp³-hybridized carbons (Fsp3) is 0.471. The minimum atomic E-state index is -0.800. The van der Waals surface area contributed by atoms with Gasteiger partial charge in [0.25, 0.3) is 5.91 Å². The number of carbonyl (C=O) groups is 3. The zero-order valence-corrected chi connectivity index (χ0v) is 16.2. The molecule has 1 aromatic carbocycles. The molecule has 6 nitrogen and oxygen atoms in total. The monoisotopic (exact) mass is 387 g/mol. The first-order valence-electron chi connectivity index (χ1n) is 7.94. The Balaban J connectivity index is 2.74. The van der Waals surface area contributed by atoms with Gasteiger partial charge in [-0.15, -0.1) is 0 Å². The molecule has 0 aliphatic carbocycles. The van der Waals surface area contributed by atoms with E-state index in [4.69, 9.17) is 23.2 Å². The highest BCUT2D eigenvalue weighted by Gasteiger charge is 2.25. The van der Waals surface area contributed by atoms with Crippen LogP contribution in [0.2, 0.25) is 10.0 Å². The van der Waals surface area contributed by atoms with Gasteiger partial charge in [-0.1, -0.05) is 37.0 Å². The Bertz CT molecular complexity index is 648. The van der Waals surface area contributed by atoms with Crippen molar-refractivity contribution in [3.05, 3.63) is 33.8 Å². The number of amides is 3. The van der Waals surface area contributed by atoms with Crippen LogP contribution in [-0.2, 0) is 9.59 Å². The van der Waals surface area contributed by atoms with E-state index >= 15 is 0 Å². The second-order valence-corrected chi connectivity index (χ2v) is 7.10. The SMILES string of the molecule is CC(C)NC(=O)CNC(=O)C(NC(=O)c1ccc(Cl)cc1Cl)C(C)C. The molecular formula is C17H23Cl2N3O3. The van der Waals surface area contributed by atoms with Gasteiger partial charge >= 0.3 is 0 Å². The highest BCUT2D eigenvalue weighted by Crippen LogP contribution is 2.21. The first-order valence-corrected chi connectivity index (χ1v) is 8.70. The average Bonchev–Trinajstić information content (AvgIpc) is 2.49. The molecule has 138 valence electrons. The van der Waals surface area contributed by atoms with E-state index in [0.29, 0.717) is 5.02 Å². The predicted molar refractivity (Wildman–Crippen MR) is 98.8 cm³/mol. The van der Waals surface area contributed by atoms with Crippen molar-refractivity contribution in [1.29, 1.82) is 0 Å². The molecule has 1 rings (SSSR count). The Labute approximate surface area is 157 Å². The fourth-order valence-corrected chi connectivity index (χ4v) is 2.57. The van der Waals surface area contributed by atoms with Crippen molar-refractivity contribution in [1.82, 2.24) is 16.0 Å². The molecule has 0 radical (unpaired) electrons. The second kappa shape index (κ2) is 9.63. The molecule has 0 bridgehead atoms. The maximum Gasteiger partial charge on any atom is 0.253 e. The van der Waals surface area contributed by atoms with E-state index in [1.54, 1.807) is 19.9 Å². The maximum absolute atomic E-state index is 12.4. The number of carbonyl (C=O) groups excluding carboxylic acids is 3.